The minimum absolute atomic E-state index is 0.0476. The molecular formula is C30H63NO6Si3. The van der Waals surface area contributed by atoms with Crippen LogP contribution in [0.5, 0.6) is 0 Å². The molecule has 1 aliphatic heterocycles. The summed E-state index contributed by atoms with van der Waals surface area (Å²) < 4.78 is 31.4. The molecule has 0 aromatic carbocycles. The highest BCUT2D eigenvalue weighted by atomic mass is 28.4. The maximum Gasteiger partial charge on any atom is 0.333 e. The number of likely N-dealkylation sites (N-methyl/N-ethyl adjacent to an activating group) is 1. The lowest BCUT2D eigenvalue weighted by molar-refractivity contribution is -0.151. The van der Waals surface area contributed by atoms with Crippen LogP contribution in [0.4, 0.5) is 0 Å². The summed E-state index contributed by atoms with van der Waals surface area (Å²) in [6, 6.07) is 3.51. The Morgan fingerprint density at radius 2 is 1.68 bits per heavy atom. The number of carbonyl (C=O) groups is 1. The molecule has 1 aliphatic rings. The number of rotatable bonds is 21. The van der Waals surface area contributed by atoms with Gasteiger partial charge in [0.15, 0.2) is 8.32 Å². The van der Waals surface area contributed by atoms with Gasteiger partial charge in [-0.2, -0.15) is 0 Å². The number of esters is 1. The third kappa shape index (κ3) is 11.7. The van der Waals surface area contributed by atoms with Crippen molar-refractivity contribution in [3.8, 4) is 0 Å². The summed E-state index contributed by atoms with van der Waals surface area (Å²) in [7, 11) is -1.49. The number of hydrogen-bond donors (Lipinski definition) is 0. The molecule has 1 saturated heterocycles. The topological polar surface area (TPSA) is 66.5 Å². The molecule has 7 nitrogen and oxygen atoms in total. The Hall–Kier alpha value is -0.339. The molecule has 40 heavy (non-hydrogen) atoms. The molecule has 236 valence electrons. The van der Waals surface area contributed by atoms with Gasteiger partial charge >= 0.3 is 5.97 Å². The number of nitrogens with zero attached hydrogens (tertiary/aromatic N) is 1. The molecule has 0 N–H and O–H groups in total. The zero-order chi connectivity index (χ0) is 30.8. The summed E-state index contributed by atoms with van der Waals surface area (Å²) in [6.07, 6.45) is 4.11. The van der Waals surface area contributed by atoms with E-state index in [1.807, 2.05) is 14.1 Å². The van der Waals surface area contributed by atoms with Crippen molar-refractivity contribution in [2.45, 2.75) is 128 Å². The molecular weight excluding hydrogens is 555 g/mol. The van der Waals surface area contributed by atoms with Gasteiger partial charge < -0.3 is 28.0 Å². The van der Waals surface area contributed by atoms with E-state index in [1.54, 1.807) is 6.92 Å². The van der Waals surface area contributed by atoms with E-state index >= 15 is 0 Å². The van der Waals surface area contributed by atoms with Gasteiger partial charge in [-0.05, 0) is 86.4 Å². The van der Waals surface area contributed by atoms with Gasteiger partial charge in [-0.15, -0.1) is 0 Å². The first kappa shape index (κ1) is 37.7. The third-order valence-corrected chi connectivity index (χ3v) is 21.6. The summed E-state index contributed by atoms with van der Waals surface area (Å²) in [6.45, 7) is 29.3. The standard InChI is InChI=1S/C30H63NO6Si3/c1-14-15-21-38(9,10)29(4,5)36-40(13)23-17-30(40,6)37-39(11,12)22-16-19-33-24-27(35-28(32)26(2)3)25-34-20-18-31(7)8/h27H,2,14-25H2,1,3-13H3. The maximum absolute atomic E-state index is 12.1. The molecule has 1 rings (SSSR count). The Bertz CT molecular complexity index is 806. The zero-order valence-corrected chi connectivity index (χ0v) is 31.2. The Balaban J connectivity index is 2.61. The van der Waals surface area contributed by atoms with E-state index in [1.165, 1.54) is 24.9 Å². The molecule has 0 aromatic rings. The normalized spacial score (nSPS) is 22.7. The van der Waals surface area contributed by atoms with Gasteiger partial charge in [0.2, 0.25) is 8.32 Å². The Morgan fingerprint density at radius 3 is 2.17 bits per heavy atom. The van der Waals surface area contributed by atoms with Crippen LogP contribution in [-0.2, 0) is 27.9 Å². The average molecular weight is 618 g/mol. The van der Waals surface area contributed by atoms with Crippen LogP contribution < -0.4 is 0 Å². The van der Waals surface area contributed by atoms with E-state index in [-0.39, 0.29) is 10.4 Å². The molecule has 0 saturated carbocycles. The molecule has 0 bridgehead atoms. The van der Waals surface area contributed by atoms with Crippen molar-refractivity contribution in [3.63, 3.8) is 0 Å². The van der Waals surface area contributed by atoms with Crippen LogP contribution in [-0.4, -0.2) is 99.2 Å². The van der Waals surface area contributed by atoms with Gasteiger partial charge in [-0.1, -0.05) is 45.5 Å². The first-order valence-electron chi connectivity index (χ1n) is 15.4. The van der Waals surface area contributed by atoms with Crippen molar-refractivity contribution in [2.75, 3.05) is 47.1 Å². The second-order valence-electron chi connectivity index (χ2n) is 14.3. The van der Waals surface area contributed by atoms with Gasteiger partial charge in [0.05, 0.1) is 33.1 Å². The molecule has 0 radical (unpaired) electrons. The highest BCUT2D eigenvalue weighted by Gasteiger charge is 2.62. The largest absolute Gasteiger partial charge is 0.454 e. The first-order chi connectivity index (χ1) is 18.3. The lowest BCUT2D eigenvalue weighted by atomic mass is 10.3. The summed E-state index contributed by atoms with van der Waals surface area (Å²) in [4.78, 5) is 14.1. The van der Waals surface area contributed by atoms with Crippen molar-refractivity contribution in [1.82, 2.24) is 4.90 Å². The van der Waals surface area contributed by atoms with Gasteiger partial charge in [0, 0.05) is 23.9 Å². The van der Waals surface area contributed by atoms with E-state index in [4.69, 9.17) is 23.1 Å². The van der Waals surface area contributed by atoms with E-state index < -0.39 is 36.8 Å². The highest BCUT2D eigenvalue weighted by molar-refractivity contribution is 6.84. The molecule has 0 aliphatic carbocycles. The molecule has 10 heteroatoms. The van der Waals surface area contributed by atoms with Crippen LogP contribution in [0.1, 0.15) is 60.3 Å². The first-order valence-corrected chi connectivity index (χ1v) is 24.3. The molecule has 0 spiro atoms. The maximum atomic E-state index is 12.1. The highest BCUT2D eigenvalue weighted by Crippen LogP contribution is 2.50. The smallest absolute Gasteiger partial charge is 0.333 e. The van der Waals surface area contributed by atoms with Gasteiger partial charge in [-0.3, -0.25) is 0 Å². The Labute approximate surface area is 250 Å². The minimum atomic E-state index is -2.02. The van der Waals surface area contributed by atoms with Crippen molar-refractivity contribution < 1.29 is 27.9 Å². The zero-order valence-electron chi connectivity index (χ0n) is 28.2. The number of carbonyl (C=O) groups excluding carboxylic acids is 1. The lowest BCUT2D eigenvalue weighted by Crippen LogP contribution is -2.73. The van der Waals surface area contributed by atoms with Gasteiger partial charge in [0.25, 0.3) is 0 Å². The Kier molecular flexibility index (Phi) is 15.0. The number of ether oxygens (including phenoxy) is 3. The number of hydrogen-bond acceptors (Lipinski definition) is 7. The van der Waals surface area contributed by atoms with Crippen LogP contribution in [0.3, 0.4) is 0 Å². The number of unbranched alkanes of at least 4 members (excludes halogenated alkanes) is 1. The second-order valence-corrected chi connectivity index (χ2v) is 28.2. The lowest BCUT2D eigenvalue weighted by Gasteiger charge is -2.59. The third-order valence-electron chi connectivity index (χ3n) is 8.94. The molecule has 0 aromatic heterocycles. The van der Waals surface area contributed by atoms with Crippen molar-refractivity contribution in [1.29, 1.82) is 0 Å². The van der Waals surface area contributed by atoms with E-state index in [9.17, 15) is 4.79 Å². The molecule has 1 fully saturated rings. The quantitative estimate of drug-likeness (QED) is 0.0607. The van der Waals surface area contributed by atoms with Crippen LogP contribution >= 0.6 is 0 Å². The minimum Gasteiger partial charge on any atom is -0.454 e. The molecule has 3 atom stereocenters. The Morgan fingerprint density at radius 1 is 1.07 bits per heavy atom. The summed E-state index contributed by atoms with van der Waals surface area (Å²) in [5, 5.41) is -0.171. The molecule has 1 heterocycles. The monoisotopic (exact) mass is 617 g/mol. The predicted octanol–water partition coefficient (Wildman–Crippen LogP) is 6.80. The predicted molar refractivity (Wildman–Crippen MR) is 175 cm³/mol. The second kappa shape index (κ2) is 15.9. The summed E-state index contributed by atoms with van der Waals surface area (Å²) in [5.41, 5.74) is 0.377. The van der Waals surface area contributed by atoms with Crippen molar-refractivity contribution >= 4 is 30.7 Å². The average Bonchev–Trinajstić information content (AvgIpc) is 2.83. The van der Waals surface area contributed by atoms with E-state index in [2.05, 4.69) is 71.9 Å². The van der Waals surface area contributed by atoms with Crippen LogP contribution in [0.2, 0.25) is 50.9 Å². The van der Waals surface area contributed by atoms with Crippen LogP contribution in [0.15, 0.2) is 12.2 Å². The molecule has 3 unspecified atom stereocenters. The SMILES string of the molecule is C=C(C)C(=O)OC(COCCC[Si](C)(C)OC1(C)CC[Si]1(C)OC(C)(C)[Si](C)(C)CCCC)COCCN(C)C. The fourth-order valence-corrected chi connectivity index (χ4v) is 15.9. The fourth-order valence-electron chi connectivity index (χ4n) is 5.07. The molecule has 0 amide bonds. The van der Waals surface area contributed by atoms with E-state index in [0.29, 0.717) is 32.0 Å². The van der Waals surface area contributed by atoms with Gasteiger partial charge in [0.1, 0.15) is 6.10 Å². The van der Waals surface area contributed by atoms with Crippen molar-refractivity contribution in [3.05, 3.63) is 12.2 Å². The van der Waals surface area contributed by atoms with Crippen LogP contribution in [0, 0.1) is 0 Å². The van der Waals surface area contributed by atoms with E-state index in [0.717, 1.165) is 25.4 Å². The van der Waals surface area contributed by atoms with Crippen LogP contribution in [0.25, 0.3) is 0 Å². The fraction of sp³-hybridized carbons (Fsp3) is 0.900. The summed E-state index contributed by atoms with van der Waals surface area (Å²) in [5.74, 6) is -0.408. The van der Waals surface area contributed by atoms with Crippen molar-refractivity contribution in [2.24, 2.45) is 0 Å². The summed E-state index contributed by atoms with van der Waals surface area (Å²) >= 11 is 0. The van der Waals surface area contributed by atoms with Gasteiger partial charge in [-0.25, -0.2) is 4.79 Å².